The Labute approximate surface area is 53.4 Å². The lowest BCUT2D eigenvalue weighted by atomic mass is 11.0. The van der Waals surface area contributed by atoms with E-state index < -0.39 is 6.03 Å². The van der Waals surface area contributed by atoms with Gasteiger partial charge in [0.15, 0.2) is 0 Å². The van der Waals surface area contributed by atoms with Gasteiger partial charge in [0.05, 0.1) is 14.2 Å². The van der Waals surface area contributed by atoms with Crippen LogP contribution in [0.2, 0.25) is 0 Å². The summed E-state index contributed by atoms with van der Waals surface area (Å²) >= 11 is 0. The minimum Gasteiger partial charge on any atom is -0.275 e. The van der Waals surface area contributed by atoms with Crippen molar-refractivity contribution in [2.45, 2.75) is 0 Å². The van der Waals surface area contributed by atoms with Crippen LogP contribution in [-0.4, -0.2) is 32.4 Å². The van der Waals surface area contributed by atoms with Gasteiger partial charge in [-0.05, 0) is 0 Å². The van der Waals surface area contributed by atoms with Crippen LogP contribution in [0.15, 0.2) is 0 Å². The Morgan fingerprint density at radius 3 is 2.44 bits per heavy atom. The molecule has 0 radical (unpaired) electrons. The number of nitrogens with zero attached hydrogens (tertiary/aromatic N) is 1. The summed E-state index contributed by atoms with van der Waals surface area (Å²) in [6.07, 6.45) is 0. The minimum atomic E-state index is -0.444. The molecule has 0 saturated carbocycles. The zero-order valence-corrected chi connectivity index (χ0v) is 5.67. The Morgan fingerprint density at radius 2 is 2.11 bits per heavy atom. The van der Waals surface area contributed by atoms with Gasteiger partial charge in [-0.1, -0.05) is 0 Å². The molecule has 0 aromatic heterocycles. The molecule has 0 bridgehead atoms. The van der Waals surface area contributed by atoms with Crippen LogP contribution in [0.1, 0.15) is 0 Å². The first-order valence-electron chi connectivity index (χ1n) is 2.33. The van der Waals surface area contributed by atoms with Crippen molar-refractivity contribution in [2.75, 3.05) is 21.3 Å². The highest BCUT2D eigenvalue weighted by Crippen LogP contribution is 1.80. The molecule has 0 aliphatic heterocycles. The maximum absolute atomic E-state index is 10.5. The lowest BCUT2D eigenvalue weighted by molar-refractivity contribution is -0.0777. The average molecular weight is 134 g/mol. The quantitative estimate of drug-likeness (QED) is 0.530. The number of carbonyl (C=O) groups is 1. The first kappa shape index (κ1) is 8.19. The molecule has 0 aliphatic carbocycles. The van der Waals surface area contributed by atoms with Gasteiger partial charge in [0, 0.05) is 7.05 Å². The van der Waals surface area contributed by atoms with E-state index in [1.165, 1.54) is 21.3 Å². The van der Waals surface area contributed by atoms with E-state index in [-0.39, 0.29) is 0 Å². The number of hydrogen-bond donors (Lipinski definition) is 1. The average Bonchev–Trinajstić information content (AvgIpc) is 1.87. The Hall–Kier alpha value is -0.810. The van der Waals surface area contributed by atoms with E-state index in [0.29, 0.717) is 0 Å². The summed E-state index contributed by atoms with van der Waals surface area (Å²) in [5, 5.41) is 1.00. The molecule has 9 heavy (non-hydrogen) atoms. The van der Waals surface area contributed by atoms with Gasteiger partial charge >= 0.3 is 6.03 Å². The summed E-state index contributed by atoms with van der Waals surface area (Å²) in [6.45, 7) is 0. The lowest BCUT2D eigenvalue weighted by Gasteiger charge is -2.12. The maximum atomic E-state index is 10.5. The van der Waals surface area contributed by atoms with Crippen LogP contribution in [0.3, 0.4) is 0 Å². The molecule has 5 heteroatoms. The summed E-state index contributed by atoms with van der Waals surface area (Å²) < 4.78 is 0. The Balaban J connectivity index is 3.46. The molecule has 54 valence electrons. The van der Waals surface area contributed by atoms with E-state index in [9.17, 15) is 4.79 Å². The number of nitrogens with one attached hydrogen (secondary N) is 1. The van der Waals surface area contributed by atoms with Gasteiger partial charge in [-0.3, -0.25) is 9.68 Å². The van der Waals surface area contributed by atoms with Crippen molar-refractivity contribution in [3.63, 3.8) is 0 Å². The fourth-order valence-corrected chi connectivity index (χ4v) is 0.234. The molecule has 0 aromatic rings. The molecule has 0 atom stereocenters. The number of rotatable bonds is 2. The SMILES string of the molecule is CONC(=O)N(C)OC. The van der Waals surface area contributed by atoms with Crippen LogP contribution >= 0.6 is 0 Å². The fourth-order valence-electron chi connectivity index (χ4n) is 0.234. The standard InChI is InChI=1S/C4H10N2O3/c1-6(9-3)4(7)5-8-2/h1-3H3,(H,5,7). The predicted molar refractivity (Wildman–Crippen MR) is 30.3 cm³/mol. The largest absolute Gasteiger partial charge is 0.364 e. The van der Waals surface area contributed by atoms with Crippen LogP contribution in [0.5, 0.6) is 0 Å². The summed E-state index contributed by atoms with van der Waals surface area (Å²) in [4.78, 5) is 19.4. The predicted octanol–water partition coefficient (Wildman–Crippen LogP) is -0.249. The van der Waals surface area contributed by atoms with Crippen LogP contribution in [0, 0.1) is 0 Å². The van der Waals surface area contributed by atoms with Gasteiger partial charge in [-0.2, -0.15) is 0 Å². The lowest BCUT2D eigenvalue weighted by Crippen LogP contribution is -2.35. The van der Waals surface area contributed by atoms with E-state index in [1.54, 1.807) is 0 Å². The van der Waals surface area contributed by atoms with Crippen molar-refractivity contribution in [1.29, 1.82) is 0 Å². The van der Waals surface area contributed by atoms with Crippen LogP contribution in [0.4, 0.5) is 4.79 Å². The van der Waals surface area contributed by atoms with Crippen molar-refractivity contribution >= 4 is 6.03 Å². The summed E-state index contributed by atoms with van der Waals surface area (Å²) in [5.41, 5.74) is 2.06. The highest BCUT2D eigenvalue weighted by Gasteiger charge is 2.03. The molecule has 0 aliphatic rings. The monoisotopic (exact) mass is 134 g/mol. The zero-order chi connectivity index (χ0) is 7.28. The van der Waals surface area contributed by atoms with Crippen LogP contribution in [0.25, 0.3) is 0 Å². The molecule has 5 nitrogen and oxygen atoms in total. The number of amides is 2. The van der Waals surface area contributed by atoms with E-state index in [2.05, 4.69) is 15.2 Å². The van der Waals surface area contributed by atoms with Crippen LogP contribution in [-0.2, 0) is 9.68 Å². The third-order valence-electron chi connectivity index (χ3n) is 0.749. The molecule has 0 saturated heterocycles. The first-order valence-corrected chi connectivity index (χ1v) is 2.33. The normalized spacial score (nSPS) is 8.78. The molecule has 1 N–H and O–H groups in total. The van der Waals surface area contributed by atoms with E-state index in [0.717, 1.165) is 5.06 Å². The number of hydroxylamine groups is 3. The molecule has 0 rings (SSSR count). The molecule has 0 heterocycles. The topological polar surface area (TPSA) is 50.8 Å². The van der Waals surface area contributed by atoms with Crippen molar-refractivity contribution in [3.05, 3.63) is 0 Å². The molecule has 0 fully saturated rings. The highest BCUT2D eigenvalue weighted by atomic mass is 16.7. The first-order chi connectivity index (χ1) is 4.22. The van der Waals surface area contributed by atoms with Gasteiger partial charge in [0.25, 0.3) is 0 Å². The Bertz CT molecular complexity index is 95.8. The second-order valence-corrected chi connectivity index (χ2v) is 1.29. The second kappa shape index (κ2) is 4.11. The molecule has 0 unspecified atom stereocenters. The summed E-state index contributed by atoms with van der Waals surface area (Å²) in [6, 6.07) is -0.444. The van der Waals surface area contributed by atoms with Crippen molar-refractivity contribution in [3.8, 4) is 0 Å². The number of carbonyl (C=O) groups excluding carboxylic acids is 1. The Kier molecular flexibility index (Phi) is 3.74. The van der Waals surface area contributed by atoms with Gasteiger partial charge in [0.1, 0.15) is 0 Å². The van der Waals surface area contributed by atoms with E-state index >= 15 is 0 Å². The smallest absolute Gasteiger partial charge is 0.275 e. The Morgan fingerprint density at radius 1 is 1.56 bits per heavy atom. The number of urea groups is 1. The van der Waals surface area contributed by atoms with E-state index in [4.69, 9.17) is 0 Å². The van der Waals surface area contributed by atoms with Crippen LogP contribution < -0.4 is 5.48 Å². The van der Waals surface area contributed by atoms with Crippen molar-refractivity contribution < 1.29 is 14.5 Å². The molecule has 0 spiro atoms. The maximum Gasteiger partial charge on any atom is 0.364 e. The summed E-state index contributed by atoms with van der Waals surface area (Å²) in [5.74, 6) is 0. The third-order valence-corrected chi connectivity index (χ3v) is 0.749. The molecule has 0 aromatic carbocycles. The summed E-state index contributed by atoms with van der Waals surface area (Å²) in [7, 11) is 4.20. The van der Waals surface area contributed by atoms with Gasteiger partial charge < -0.3 is 0 Å². The third kappa shape index (κ3) is 2.89. The highest BCUT2D eigenvalue weighted by molar-refractivity contribution is 5.71. The minimum absolute atomic E-state index is 0.444. The van der Waals surface area contributed by atoms with E-state index in [1.807, 2.05) is 0 Å². The second-order valence-electron chi connectivity index (χ2n) is 1.29. The molecular weight excluding hydrogens is 124 g/mol. The van der Waals surface area contributed by atoms with Crippen molar-refractivity contribution in [2.24, 2.45) is 0 Å². The van der Waals surface area contributed by atoms with Gasteiger partial charge in [-0.15, -0.1) is 0 Å². The number of hydrogen-bond acceptors (Lipinski definition) is 3. The zero-order valence-electron chi connectivity index (χ0n) is 5.67. The molecular formula is C4H10N2O3. The van der Waals surface area contributed by atoms with Gasteiger partial charge in [0.2, 0.25) is 0 Å². The molecule has 2 amide bonds. The van der Waals surface area contributed by atoms with Gasteiger partial charge in [-0.25, -0.2) is 15.3 Å². The van der Waals surface area contributed by atoms with Crippen molar-refractivity contribution in [1.82, 2.24) is 10.5 Å². The fraction of sp³-hybridized carbons (Fsp3) is 0.750.